The standard InChI is InChI=1S/C20H30N2O3/c1-13(6-7-15-5-4-10-25-15)21-18(23)16-11-14-12-20(2,3)9-8-17(14)22-19(16)24/h11,13,15H,4-10,12H2,1-3H3,(H,21,23)(H,22,24)/t13-,15-/m0/s1. The number of nitrogens with one attached hydrogen (secondary N) is 2. The van der Waals surface area contributed by atoms with Gasteiger partial charge in [0, 0.05) is 18.3 Å². The van der Waals surface area contributed by atoms with Crippen LogP contribution in [0.15, 0.2) is 10.9 Å². The van der Waals surface area contributed by atoms with Crippen molar-refractivity contribution in [2.75, 3.05) is 6.61 Å². The van der Waals surface area contributed by atoms with Crippen molar-refractivity contribution in [3.8, 4) is 0 Å². The average molecular weight is 346 g/mol. The lowest BCUT2D eigenvalue weighted by Crippen LogP contribution is -2.37. The molecule has 3 rings (SSSR count). The first-order chi connectivity index (χ1) is 11.8. The number of hydrogen-bond donors (Lipinski definition) is 2. The number of hydrogen-bond acceptors (Lipinski definition) is 3. The van der Waals surface area contributed by atoms with Crippen molar-refractivity contribution in [3.05, 3.63) is 33.2 Å². The lowest BCUT2D eigenvalue weighted by molar-refractivity contribution is 0.0898. The minimum atomic E-state index is -0.276. The molecule has 1 amide bonds. The summed E-state index contributed by atoms with van der Waals surface area (Å²) in [7, 11) is 0. The van der Waals surface area contributed by atoms with Crippen LogP contribution in [0.3, 0.4) is 0 Å². The summed E-state index contributed by atoms with van der Waals surface area (Å²) in [6.07, 6.45) is 7.22. The molecule has 1 saturated heterocycles. The number of rotatable bonds is 5. The van der Waals surface area contributed by atoms with Crippen molar-refractivity contribution in [1.82, 2.24) is 10.3 Å². The van der Waals surface area contributed by atoms with Crippen LogP contribution < -0.4 is 10.9 Å². The molecule has 0 unspecified atom stereocenters. The summed E-state index contributed by atoms with van der Waals surface area (Å²) in [6, 6.07) is 1.83. The Morgan fingerprint density at radius 2 is 2.28 bits per heavy atom. The molecule has 2 N–H and O–H groups in total. The highest BCUT2D eigenvalue weighted by atomic mass is 16.5. The van der Waals surface area contributed by atoms with Crippen LogP contribution in [0.4, 0.5) is 0 Å². The van der Waals surface area contributed by atoms with E-state index in [4.69, 9.17) is 4.74 Å². The second-order valence-corrected chi connectivity index (χ2v) is 8.44. The van der Waals surface area contributed by atoms with Gasteiger partial charge in [0.1, 0.15) is 5.56 Å². The number of aromatic nitrogens is 1. The molecule has 0 aromatic carbocycles. The summed E-state index contributed by atoms with van der Waals surface area (Å²) >= 11 is 0. The zero-order valence-electron chi connectivity index (χ0n) is 15.6. The zero-order chi connectivity index (χ0) is 18.0. The molecule has 1 aliphatic heterocycles. The van der Waals surface area contributed by atoms with Gasteiger partial charge in [-0.1, -0.05) is 13.8 Å². The summed E-state index contributed by atoms with van der Waals surface area (Å²) in [5.74, 6) is -0.271. The van der Waals surface area contributed by atoms with Crippen molar-refractivity contribution in [2.45, 2.75) is 77.9 Å². The molecule has 5 heteroatoms. The fourth-order valence-corrected chi connectivity index (χ4v) is 3.91. The molecule has 2 atom stereocenters. The Morgan fingerprint density at radius 3 is 3.00 bits per heavy atom. The molecule has 2 heterocycles. The number of carbonyl (C=O) groups is 1. The van der Waals surface area contributed by atoms with E-state index in [1.165, 1.54) is 0 Å². The van der Waals surface area contributed by atoms with Crippen LogP contribution in [-0.2, 0) is 17.6 Å². The summed E-state index contributed by atoms with van der Waals surface area (Å²) < 4.78 is 5.63. The monoisotopic (exact) mass is 346 g/mol. The molecule has 25 heavy (non-hydrogen) atoms. The van der Waals surface area contributed by atoms with E-state index >= 15 is 0 Å². The largest absolute Gasteiger partial charge is 0.378 e. The first kappa shape index (κ1) is 18.2. The maximum atomic E-state index is 12.6. The highest BCUT2D eigenvalue weighted by molar-refractivity contribution is 5.94. The molecule has 138 valence electrons. The van der Waals surface area contributed by atoms with Gasteiger partial charge in [0.15, 0.2) is 0 Å². The molecule has 5 nitrogen and oxygen atoms in total. The Morgan fingerprint density at radius 1 is 1.48 bits per heavy atom. The quantitative estimate of drug-likeness (QED) is 0.861. The smallest absolute Gasteiger partial charge is 0.261 e. The van der Waals surface area contributed by atoms with Crippen LogP contribution >= 0.6 is 0 Å². The Balaban J connectivity index is 1.64. The van der Waals surface area contributed by atoms with Gasteiger partial charge in [0.25, 0.3) is 11.5 Å². The molecular weight excluding hydrogens is 316 g/mol. The van der Waals surface area contributed by atoms with Gasteiger partial charge < -0.3 is 15.0 Å². The minimum Gasteiger partial charge on any atom is -0.378 e. The molecule has 1 aromatic heterocycles. The predicted octanol–water partition coefficient (Wildman–Crippen LogP) is 2.97. The molecule has 1 fully saturated rings. The first-order valence-electron chi connectivity index (χ1n) is 9.51. The average Bonchev–Trinajstić information content (AvgIpc) is 3.05. The van der Waals surface area contributed by atoms with Crippen molar-refractivity contribution < 1.29 is 9.53 Å². The van der Waals surface area contributed by atoms with Crippen LogP contribution in [0.25, 0.3) is 0 Å². The minimum absolute atomic E-state index is 0.0311. The lowest BCUT2D eigenvalue weighted by Gasteiger charge is -2.31. The van der Waals surface area contributed by atoms with Crippen LogP contribution in [0.5, 0.6) is 0 Å². The second-order valence-electron chi connectivity index (χ2n) is 8.44. The third-order valence-electron chi connectivity index (χ3n) is 5.50. The van der Waals surface area contributed by atoms with Gasteiger partial charge >= 0.3 is 0 Å². The summed E-state index contributed by atoms with van der Waals surface area (Å²) in [6.45, 7) is 7.30. The van der Waals surface area contributed by atoms with Gasteiger partial charge in [-0.15, -0.1) is 0 Å². The molecule has 0 spiro atoms. The number of H-pyrrole nitrogens is 1. The fraction of sp³-hybridized carbons (Fsp3) is 0.700. The number of carbonyl (C=O) groups excluding carboxylic acids is 1. The Kier molecular flexibility index (Phi) is 5.32. The Bertz CT molecular complexity index is 687. The van der Waals surface area contributed by atoms with Crippen molar-refractivity contribution >= 4 is 5.91 Å². The predicted molar refractivity (Wildman–Crippen MR) is 98.0 cm³/mol. The lowest BCUT2D eigenvalue weighted by atomic mass is 9.76. The van der Waals surface area contributed by atoms with Crippen molar-refractivity contribution in [1.29, 1.82) is 0 Å². The Labute approximate surface area is 149 Å². The molecule has 1 aliphatic carbocycles. The molecule has 1 aromatic rings. The van der Waals surface area contributed by atoms with E-state index in [-0.39, 0.29) is 28.5 Å². The summed E-state index contributed by atoms with van der Waals surface area (Å²) in [5, 5.41) is 2.97. The molecular formula is C20H30N2O3. The zero-order valence-corrected chi connectivity index (χ0v) is 15.6. The van der Waals surface area contributed by atoms with Gasteiger partial charge in [-0.2, -0.15) is 0 Å². The number of fused-ring (bicyclic) bond motifs is 1. The van der Waals surface area contributed by atoms with E-state index < -0.39 is 0 Å². The van der Waals surface area contributed by atoms with Gasteiger partial charge in [-0.05, 0) is 68.9 Å². The van der Waals surface area contributed by atoms with Crippen molar-refractivity contribution in [2.24, 2.45) is 5.41 Å². The van der Waals surface area contributed by atoms with E-state index in [1.807, 2.05) is 6.92 Å². The normalized spacial score (nSPS) is 23.1. The van der Waals surface area contributed by atoms with Crippen LogP contribution in [0, 0.1) is 5.41 Å². The second kappa shape index (κ2) is 7.32. The van der Waals surface area contributed by atoms with Crippen LogP contribution in [-0.4, -0.2) is 29.6 Å². The van der Waals surface area contributed by atoms with Crippen molar-refractivity contribution in [3.63, 3.8) is 0 Å². The van der Waals surface area contributed by atoms with Gasteiger partial charge in [0.05, 0.1) is 6.10 Å². The molecule has 0 saturated carbocycles. The van der Waals surface area contributed by atoms with E-state index in [1.54, 1.807) is 6.07 Å². The van der Waals surface area contributed by atoms with Gasteiger partial charge in [-0.25, -0.2) is 0 Å². The SMILES string of the molecule is C[C@@H](CC[C@@H]1CCCO1)NC(=O)c1cc2c([nH]c1=O)CCC(C)(C)C2. The first-order valence-corrected chi connectivity index (χ1v) is 9.51. The number of ether oxygens (including phenoxy) is 1. The number of aromatic amines is 1. The highest BCUT2D eigenvalue weighted by Crippen LogP contribution is 2.33. The van der Waals surface area contributed by atoms with E-state index in [0.717, 1.165) is 62.8 Å². The highest BCUT2D eigenvalue weighted by Gasteiger charge is 2.27. The third-order valence-corrected chi connectivity index (χ3v) is 5.50. The van der Waals surface area contributed by atoms with E-state index in [0.29, 0.717) is 6.10 Å². The number of pyridine rings is 1. The number of aryl methyl sites for hydroxylation is 1. The van der Waals surface area contributed by atoms with E-state index in [9.17, 15) is 9.59 Å². The maximum Gasteiger partial charge on any atom is 0.261 e. The fourth-order valence-electron chi connectivity index (χ4n) is 3.91. The summed E-state index contributed by atoms with van der Waals surface area (Å²) in [4.78, 5) is 27.8. The van der Waals surface area contributed by atoms with Gasteiger partial charge in [-0.3, -0.25) is 9.59 Å². The van der Waals surface area contributed by atoms with Crippen LogP contribution in [0.2, 0.25) is 0 Å². The van der Waals surface area contributed by atoms with E-state index in [2.05, 4.69) is 24.1 Å². The maximum absolute atomic E-state index is 12.6. The molecule has 0 radical (unpaired) electrons. The van der Waals surface area contributed by atoms with Crippen LogP contribution in [0.1, 0.15) is 74.5 Å². The number of amides is 1. The molecule has 0 bridgehead atoms. The third kappa shape index (κ3) is 4.51. The molecule has 2 aliphatic rings. The van der Waals surface area contributed by atoms with Gasteiger partial charge in [0.2, 0.25) is 0 Å². The topological polar surface area (TPSA) is 71.2 Å². The Hall–Kier alpha value is -1.62. The summed E-state index contributed by atoms with van der Waals surface area (Å²) in [5.41, 5.74) is 2.27.